The molecule has 0 saturated carbocycles. The molecule has 7 heteroatoms. The van der Waals surface area contributed by atoms with Crippen LogP contribution >= 0.6 is 0 Å². The van der Waals surface area contributed by atoms with Crippen LogP contribution in [0.15, 0.2) is 36.7 Å². The normalized spacial score (nSPS) is 11.7. The lowest BCUT2D eigenvalue weighted by Crippen LogP contribution is -2.36. The summed E-state index contributed by atoms with van der Waals surface area (Å²) in [6, 6.07) is 5.49. The number of carboxylic acid groups (broad SMARTS) is 1. The standard InChI is InChI=1S/C14H16N4O3/c1-9-4-3-5-11(6-9)16-14(21)17-12(13(19)20)10-7-15-18(2)8-10/h3-8,12H,1-2H3,(H,19,20)(H2,16,17,21). The van der Waals surface area contributed by atoms with Crippen molar-refractivity contribution in [1.29, 1.82) is 0 Å². The second-order valence-electron chi connectivity index (χ2n) is 4.69. The van der Waals surface area contributed by atoms with Gasteiger partial charge in [0, 0.05) is 24.5 Å². The highest BCUT2D eigenvalue weighted by Crippen LogP contribution is 2.13. The van der Waals surface area contributed by atoms with Crippen molar-refractivity contribution in [2.45, 2.75) is 13.0 Å². The molecular weight excluding hydrogens is 272 g/mol. The third-order valence-electron chi connectivity index (χ3n) is 2.86. The number of carboxylic acids is 1. The minimum atomic E-state index is -1.15. The monoisotopic (exact) mass is 288 g/mol. The van der Waals surface area contributed by atoms with E-state index in [0.717, 1.165) is 5.56 Å². The van der Waals surface area contributed by atoms with Crippen molar-refractivity contribution in [2.75, 3.05) is 5.32 Å². The zero-order valence-electron chi connectivity index (χ0n) is 11.7. The third kappa shape index (κ3) is 3.82. The fraction of sp³-hybridized carbons (Fsp3) is 0.214. The number of anilines is 1. The van der Waals surface area contributed by atoms with Gasteiger partial charge in [0.25, 0.3) is 0 Å². The molecule has 0 aliphatic rings. The Kier molecular flexibility index (Phi) is 4.22. The van der Waals surface area contributed by atoms with Gasteiger partial charge in [0.1, 0.15) is 0 Å². The molecule has 0 fully saturated rings. The Morgan fingerprint density at radius 3 is 2.71 bits per heavy atom. The van der Waals surface area contributed by atoms with Crippen LogP contribution in [0.4, 0.5) is 10.5 Å². The summed E-state index contributed by atoms with van der Waals surface area (Å²) in [5.41, 5.74) is 2.00. The zero-order chi connectivity index (χ0) is 15.4. The number of amides is 2. The molecule has 0 bridgehead atoms. The summed E-state index contributed by atoms with van der Waals surface area (Å²) in [6.07, 6.45) is 2.96. The zero-order valence-corrected chi connectivity index (χ0v) is 11.7. The Balaban J connectivity index is 2.07. The molecule has 21 heavy (non-hydrogen) atoms. The lowest BCUT2D eigenvalue weighted by atomic mass is 10.1. The fourth-order valence-electron chi connectivity index (χ4n) is 1.90. The van der Waals surface area contributed by atoms with E-state index in [9.17, 15) is 14.7 Å². The van der Waals surface area contributed by atoms with Crippen LogP contribution in [0, 0.1) is 6.92 Å². The van der Waals surface area contributed by atoms with Gasteiger partial charge in [-0.25, -0.2) is 9.59 Å². The molecule has 110 valence electrons. The predicted octanol–water partition coefficient (Wildman–Crippen LogP) is 1.68. The van der Waals surface area contributed by atoms with Crippen molar-refractivity contribution < 1.29 is 14.7 Å². The van der Waals surface area contributed by atoms with Crippen LogP contribution in [-0.4, -0.2) is 26.9 Å². The first-order valence-electron chi connectivity index (χ1n) is 6.31. The largest absolute Gasteiger partial charge is 0.479 e. The molecule has 7 nitrogen and oxygen atoms in total. The van der Waals surface area contributed by atoms with Gasteiger partial charge >= 0.3 is 12.0 Å². The van der Waals surface area contributed by atoms with Crippen molar-refractivity contribution in [3.05, 3.63) is 47.8 Å². The van der Waals surface area contributed by atoms with E-state index >= 15 is 0 Å². The first-order chi connectivity index (χ1) is 9.95. The minimum absolute atomic E-state index is 0.407. The minimum Gasteiger partial charge on any atom is -0.479 e. The number of benzene rings is 1. The Bertz CT molecular complexity index is 666. The lowest BCUT2D eigenvalue weighted by molar-refractivity contribution is -0.139. The molecule has 0 radical (unpaired) electrons. The number of carbonyl (C=O) groups excluding carboxylic acids is 1. The first kappa shape index (κ1) is 14.6. The van der Waals surface area contributed by atoms with Crippen molar-refractivity contribution in [3.8, 4) is 0 Å². The van der Waals surface area contributed by atoms with E-state index < -0.39 is 18.0 Å². The van der Waals surface area contributed by atoms with Crippen LogP contribution in [0.5, 0.6) is 0 Å². The Labute approximate surface area is 121 Å². The number of nitrogens with one attached hydrogen (secondary N) is 2. The summed E-state index contributed by atoms with van der Waals surface area (Å²) in [4.78, 5) is 23.2. The highest BCUT2D eigenvalue weighted by molar-refractivity contribution is 5.92. The van der Waals surface area contributed by atoms with Gasteiger partial charge in [-0.05, 0) is 24.6 Å². The maximum atomic E-state index is 11.9. The molecule has 1 unspecified atom stereocenters. The Morgan fingerprint density at radius 2 is 2.14 bits per heavy atom. The highest BCUT2D eigenvalue weighted by Gasteiger charge is 2.23. The quantitative estimate of drug-likeness (QED) is 0.797. The molecule has 2 amide bonds. The van der Waals surface area contributed by atoms with Gasteiger partial charge in [-0.3, -0.25) is 4.68 Å². The molecular formula is C14H16N4O3. The van der Waals surface area contributed by atoms with Gasteiger partial charge in [0.2, 0.25) is 0 Å². The van der Waals surface area contributed by atoms with E-state index in [2.05, 4.69) is 15.7 Å². The molecule has 1 aromatic heterocycles. The number of hydrogen-bond donors (Lipinski definition) is 3. The van der Waals surface area contributed by atoms with Crippen molar-refractivity contribution >= 4 is 17.7 Å². The van der Waals surface area contributed by atoms with E-state index in [1.165, 1.54) is 10.9 Å². The van der Waals surface area contributed by atoms with Crippen LogP contribution in [0.3, 0.4) is 0 Å². The van der Waals surface area contributed by atoms with E-state index in [1.54, 1.807) is 31.4 Å². The molecule has 0 aliphatic carbocycles. The summed E-state index contributed by atoms with van der Waals surface area (Å²) in [6.45, 7) is 1.90. The van der Waals surface area contributed by atoms with Crippen molar-refractivity contribution in [3.63, 3.8) is 0 Å². The predicted molar refractivity (Wildman–Crippen MR) is 76.9 cm³/mol. The van der Waals surface area contributed by atoms with Crippen LogP contribution < -0.4 is 10.6 Å². The number of nitrogens with zero attached hydrogens (tertiary/aromatic N) is 2. The van der Waals surface area contributed by atoms with Gasteiger partial charge in [0.15, 0.2) is 6.04 Å². The topological polar surface area (TPSA) is 96.2 Å². The van der Waals surface area contributed by atoms with E-state index in [1.807, 2.05) is 13.0 Å². The number of aliphatic carboxylic acids is 1. The number of aromatic nitrogens is 2. The van der Waals surface area contributed by atoms with E-state index in [-0.39, 0.29) is 0 Å². The average Bonchev–Trinajstić information content (AvgIpc) is 2.82. The Morgan fingerprint density at radius 1 is 1.38 bits per heavy atom. The van der Waals surface area contributed by atoms with Gasteiger partial charge < -0.3 is 15.7 Å². The molecule has 0 aliphatic heterocycles. The lowest BCUT2D eigenvalue weighted by Gasteiger charge is -2.14. The summed E-state index contributed by atoms with van der Waals surface area (Å²) >= 11 is 0. The van der Waals surface area contributed by atoms with Crippen LogP contribution in [0.2, 0.25) is 0 Å². The maximum absolute atomic E-state index is 11.9. The SMILES string of the molecule is Cc1cccc(NC(=O)NC(C(=O)O)c2cnn(C)c2)c1. The number of urea groups is 1. The average molecular weight is 288 g/mol. The first-order valence-corrected chi connectivity index (χ1v) is 6.31. The summed E-state index contributed by atoms with van der Waals surface area (Å²) in [5.74, 6) is -1.15. The summed E-state index contributed by atoms with van der Waals surface area (Å²) in [7, 11) is 1.68. The van der Waals surface area contributed by atoms with Gasteiger partial charge in [-0.2, -0.15) is 5.10 Å². The van der Waals surface area contributed by atoms with Crippen LogP contribution in [-0.2, 0) is 11.8 Å². The smallest absolute Gasteiger partial charge is 0.331 e. The molecule has 1 aromatic carbocycles. The molecule has 0 spiro atoms. The molecule has 2 aromatic rings. The van der Waals surface area contributed by atoms with Crippen molar-refractivity contribution in [2.24, 2.45) is 7.05 Å². The van der Waals surface area contributed by atoms with Crippen LogP contribution in [0.1, 0.15) is 17.2 Å². The highest BCUT2D eigenvalue weighted by atomic mass is 16.4. The maximum Gasteiger partial charge on any atom is 0.331 e. The molecule has 3 N–H and O–H groups in total. The number of aryl methyl sites for hydroxylation is 2. The van der Waals surface area contributed by atoms with Gasteiger partial charge in [-0.1, -0.05) is 12.1 Å². The second kappa shape index (κ2) is 6.08. The molecule has 2 rings (SSSR count). The number of hydrogen-bond acceptors (Lipinski definition) is 3. The van der Waals surface area contributed by atoms with E-state index in [0.29, 0.717) is 11.3 Å². The van der Waals surface area contributed by atoms with E-state index in [4.69, 9.17) is 0 Å². The van der Waals surface area contributed by atoms with Crippen molar-refractivity contribution in [1.82, 2.24) is 15.1 Å². The number of carbonyl (C=O) groups is 2. The molecule has 0 saturated heterocycles. The third-order valence-corrected chi connectivity index (χ3v) is 2.86. The summed E-state index contributed by atoms with van der Waals surface area (Å²) in [5, 5.41) is 18.1. The fourth-order valence-corrected chi connectivity index (χ4v) is 1.90. The Hall–Kier alpha value is -2.83. The molecule has 1 atom stereocenters. The second-order valence-corrected chi connectivity index (χ2v) is 4.69. The van der Waals surface area contributed by atoms with Gasteiger partial charge in [0.05, 0.1) is 6.20 Å². The molecule has 1 heterocycles. The van der Waals surface area contributed by atoms with Crippen LogP contribution in [0.25, 0.3) is 0 Å². The van der Waals surface area contributed by atoms with Gasteiger partial charge in [-0.15, -0.1) is 0 Å². The number of rotatable bonds is 4. The summed E-state index contributed by atoms with van der Waals surface area (Å²) < 4.78 is 1.48.